The second-order valence-electron chi connectivity index (χ2n) is 5.70. The van der Waals surface area contributed by atoms with Gasteiger partial charge in [0, 0.05) is 10.6 Å². The van der Waals surface area contributed by atoms with Crippen LogP contribution in [0.3, 0.4) is 0 Å². The van der Waals surface area contributed by atoms with Crippen molar-refractivity contribution in [3.8, 4) is 5.75 Å². The number of carbonyl (C=O) groups is 1. The Morgan fingerprint density at radius 2 is 2.04 bits per heavy atom. The van der Waals surface area contributed by atoms with Crippen LogP contribution in [0, 0.1) is 6.92 Å². The van der Waals surface area contributed by atoms with E-state index in [9.17, 15) is 4.79 Å². The second-order valence-corrected chi connectivity index (χ2v) is 7.43. The molecule has 1 unspecified atom stereocenters. The SMILES string of the molecule is Cc1cccc(OCc2nnc(SC(C)C(=O)c3cccc(Cl)c3)o2)c1. The smallest absolute Gasteiger partial charge is 0.277 e. The summed E-state index contributed by atoms with van der Waals surface area (Å²) in [6.07, 6.45) is 0. The van der Waals surface area contributed by atoms with Gasteiger partial charge in [-0.3, -0.25) is 4.79 Å². The van der Waals surface area contributed by atoms with E-state index in [1.165, 1.54) is 11.8 Å². The van der Waals surface area contributed by atoms with E-state index in [2.05, 4.69) is 10.2 Å². The maximum absolute atomic E-state index is 12.5. The van der Waals surface area contributed by atoms with E-state index in [1.807, 2.05) is 31.2 Å². The Hall–Kier alpha value is -2.31. The van der Waals surface area contributed by atoms with Gasteiger partial charge in [0.2, 0.25) is 0 Å². The monoisotopic (exact) mass is 388 g/mol. The lowest BCUT2D eigenvalue weighted by Crippen LogP contribution is -2.13. The van der Waals surface area contributed by atoms with Gasteiger partial charge in [-0.1, -0.05) is 47.6 Å². The molecule has 0 N–H and O–H groups in total. The van der Waals surface area contributed by atoms with Gasteiger partial charge in [-0.2, -0.15) is 0 Å². The van der Waals surface area contributed by atoms with E-state index in [4.69, 9.17) is 20.8 Å². The summed E-state index contributed by atoms with van der Waals surface area (Å²) in [5.74, 6) is 1.05. The third-order valence-corrected chi connectivity index (χ3v) is 4.73. The number of aromatic nitrogens is 2. The minimum Gasteiger partial charge on any atom is -0.484 e. The number of ketones is 1. The Kier molecular flexibility index (Phi) is 5.96. The van der Waals surface area contributed by atoms with Gasteiger partial charge in [0.25, 0.3) is 11.1 Å². The van der Waals surface area contributed by atoms with Gasteiger partial charge in [0.05, 0.1) is 5.25 Å². The second kappa shape index (κ2) is 8.38. The molecule has 0 bridgehead atoms. The van der Waals surface area contributed by atoms with Crippen LogP contribution in [0.25, 0.3) is 0 Å². The topological polar surface area (TPSA) is 65.2 Å². The van der Waals surface area contributed by atoms with Gasteiger partial charge in [0.15, 0.2) is 12.4 Å². The van der Waals surface area contributed by atoms with Crippen molar-refractivity contribution < 1.29 is 13.9 Å². The van der Waals surface area contributed by atoms with Gasteiger partial charge in [-0.15, -0.1) is 10.2 Å². The van der Waals surface area contributed by atoms with E-state index >= 15 is 0 Å². The summed E-state index contributed by atoms with van der Waals surface area (Å²) in [4.78, 5) is 12.5. The molecular formula is C19H17ClN2O3S. The number of halogens is 1. The number of ether oxygens (including phenoxy) is 1. The highest BCUT2D eigenvalue weighted by Crippen LogP contribution is 2.25. The molecule has 0 spiro atoms. The first-order chi connectivity index (χ1) is 12.5. The Morgan fingerprint density at radius 3 is 2.81 bits per heavy atom. The molecule has 134 valence electrons. The number of nitrogens with zero attached hydrogens (tertiary/aromatic N) is 2. The maximum Gasteiger partial charge on any atom is 0.277 e. The van der Waals surface area contributed by atoms with E-state index < -0.39 is 0 Å². The van der Waals surface area contributed by atoms with Crippen molar-refractivity contribution >= 4 is 29.1 Å². The lowest BCUT2D eigenvalue weighted by molar-refractivity contribution is 0.0993. The van der Waals surface area contributed by atoms with Crippen LogP contribution >= 0.6 is 23.4 Å². The van der Waals surface area contributed by atoms with Gasteiger partial charge < -0.3 is 9.15 Å². The van der Waals surface area contributed by atoms with E-state index in [0.717, 1.165) is 11.3 Å². The summed E-state index contributed by atoms with van der Waals surface area (Å²) in [6, 6.07) is 14.6. The number of hydrogen-bond acceptors (Lipinski definition) is 6. The van der Waals surface area contributed by atoms with Crippen LogP contribution in [0.4, 0.5) is 0 Å². The molecule has 0 fully saturated rings. The molecule has 3 aromatic rings. The van der Waals surface area contributed by atoms with Crippen LogP contribution in [0.2, 0.25) is 5.02 Å². The van der Waals surface area contributed by atoms with E-state index in [1.54, 1.807) is 31.2 Å². The highest BCUT2D eigenvalue weighted by atomic mass is 35.5. The summed E-state index contributed by atoms with van der Waals surface area (Å²) >= 11 is 7.15. The van der Waals surface area contributed by atoms with Gasteiger partial charge >= 0.3 is 0 Å². The summed E-state index contributed by atoms with van der Waals surface area (Å²) in [6.45, 7) is 3.96. The minimum atomic E-state index is -0.376. The van der Waals surface area contributed by atoms with Crippen LogP contribution in [0.5, 0.6) is 5.75 Å². The lowest BCUT2D eigenvalue weighted by atomic mass is 10.1. The van der Waals surface area contributed by atoms with Crippen molar-refractivity contribution in [1.82, 2.24) is 10.2 Å². The molecule has 5 nitrogen and oxygen atoms in total. The predicted molar refractivity (Wildman–Crippen MR) is 101 cm³/mol. The predicted octanol–water partition coefficient (Wildman–Crippen LogP) is 4.97. The molecule has 0 aliphatic heterocycles. The normalized spacial score (nSPS) is 12.0. The lowest BCUT2D eigenvalue weighted by Gasteiger charge is -2.07. The molecule has 1 heterocycles. The third-order valence-electron chi connectivity index (χ3n) is 3.56. The van der Waals surface area contributed by atoms with Crippen LogP contribution in [-0.2, 0) is 6.61 Å². The highest BCUT2D eigenvalue weighted by molar-refractivity contribution is 8.00. The van der Waals surface area contributed by atoms with Crippen LogP contribution < -0.4 is 4.74 Å². The molecule has 0 aliphatic rings. The molecule has 0 radical (unpaired) electrons. The Balaban J connectivity index is 1.58. The average molecular weight is 389 g/mol. The minimum absolute atomic E-state index is 0.0479. The molecule has 0 saturated carbocycles. The molecule has 26 heavy (non-hydrogen) atoms. The van der Waals surface area contributed by atoms with Crippen molar-refractivity contribution in [1.29, 1.82) is 0 Å². The zero-order valence-corrected chi connectivity index (χ0v) is 15.9. The Labute approximate surface area is 160 Å². The molecule has 0 aliphatic carbocycles. The van der Waals surface area contributed by atoms with Gasteiger partial charge in [-0.25, -0.2) is 0 Å². The molecule has 1 atom stereocenters. The molecule has 1 aromatic heterocycles. The van der Waals surface area contributed by atoms with E-state index in [0.29, 0.717) is 21.7 Å². The fraction of sp³-hybridized carbons (Fsp3) is 0.211. The van der Waals surface area contributed by atoms with Gasteiger partial charge in [-0.05, 0) is 43.7 Å². The maximum atomic E-state index is 12.5. The standard InChI is InChI=1S/C19H17ClN2O3S/c1-12-5-3-8-16(9-12)24-11-17-21-22-19(25-17)26-13(2)18(23)14-6-4-7-15(20)10-14/h3-10,13H,11H2,1-2H3. The van der Waals surface area contributed by atoms with E-state index in [-0.39, 0.29) is 17.6 Å². The third kappa shape index (κ3) is 4.86. The van der Waals surface area contributed by atoms with Crippen molar-refractivity contribution in [3.05, 3.63) is 70.6 Å². The zero-order chi connectivity index (χ0) is 18.5. The molecule has 0 saturated heterocycles. The number of rotatable bonds is 7. The van der Waals surface area contributed by atoms with Crippen LogP contribution in [0.1, 0.15) is 28.7 Å². The first kappa shape index (κ1) is 18.5. The summed E-state index contributed by atoms with van der Waals surface area (Å²) < 4.78 is 11.2. The molecule has 2 aromatic carbocycles. The Morgan fingerprint density at radius 1 is 1.23 bits per heavy atom. The molecule has 3 rings (SSSR count). The molecular weight excluding hydrogens is 372 g/mol. The first-order valence-electron chi connectivity index (χ1n) is 7.99. The molecule has 0 amide bonds. The zero-order valence-electron chi connectivity index (χ0n) is 14.3. The first-order valence-corrected chi connectivity index (χ1v) is 9.25. The number of hydrogen-bond donors (Lipinski definition) is 0. The average Bonchev–Trinajstić information content (AvgIpc) is 3.07. The number of carbonyl (C=O) groups excluding carboxylic acids is 1. The van der Waals surface area contributed by atoms with Crippen molar-refractivity contribution in [2.75, 3.05) is 0 Å². The van der Waals surface area contributed by atoms with Crippen molar-refractivity contribution in [3.63, 3.8) is 0 Å². The highest BCUT2D eigenvalue weighted by Gasteiger charge is 2.20. The van der Waals surface area contributed by atoms with Crippen molar-refractivity contribution in [2.24, 2.45) is 0 Å². The van der Waals surface area contributed by atoms with Gasteiger partial charge in [0.1, 0.15) is 5.75 Å². The Bertz CT molecular complexity index is 913. The number of benzene rings is 2. The largest absolute Gasteiger partial charge is 0.484 e. The fourth-order valence-electron chi connectivity index (χ4n) is 2.28. The van der Waals surface area contributed by atoms with Crippen molar-refractivity contribution in [2.45, 2.75) is 30.9 Å². The fourth-order valence-corrected chi connectivity index (χ4v) is 3.24. The van der Waals surface area contributed by atoms with Crippen LogP contribution in [0.15, 0.2) is 58.2 Å². The summed E-state index contributed by atoms with van der Waals surface area (Å²) in [7, 11) is 0. The number of thioether (sulfide) groups is 1. The summed E-state index contributed by atoms with van der Waals surface area (Å²) in [5.41, 5.74) is 1.66. The number of aryl methyl sites for hydroxylation is 1. The van der Waals surface area contributed by atoms with Crippen LogP contribution in [-0.4, -0.2) is 21.2 Å². The molecule has 7 heteroatoms. The summed E-state index contributed by atoms with van der Waals surface area (Å²) in [5, 5.41) is 8.41. The number of Topliss-reactive ketones (excluding diaryl/α,β-unsaturated/α-hetero) is 1. The quantitative estimate of drug-likeness (QED) is 0.420.